The SMILES string of the molecule is Cc1ccc(Oc2ccc(Cl)cc2NC(=O)CCc2ncc(-c3ccccc3)o2)cc1. The summed E-state index contributed by atoms with van der Waals surface area (Å²) in [5.74, 6) is 2.20. The average Bonchev–Trinajstić information content (AvgIpc) is 3.25. The summed E-state index contributed by atoms with van der Waals surface area (Å²) < 4.78 is 11.7. The van der Waals surface area contributed by atoms with Crippen molar-refractivity contribution in [2.24, 2.45) is 0 Å². The van der Waals surface area contributed by atoms with Gasteiger partial charge in [-0.25, -0.2) is 4.98 Å². The number of oxazole rings is 1. The monoisotopic (exact) mass is 432 g/mol. The number of ether oxygens (including phenoxy) is 1. The molecule has 0 unspecified atom stereocenters. The lowest BCUT2D eigenvalue weighted by Gasteiger charge is -2.13. The number of hydrogen-bond donors (Lipinski definition) is 1. The third kappa shape index (κ3) is 5.53. The zero-order valence-corrected chi connectivity index (χ0v) is 17.7. The minimum Gasteiger partial charge on any atom is -0.455 e. The fourth-order valence-corrected chi connectivity index (χ4v) is 3.19. The van der Waals surface area contributed by atoms with E-state index in [0.29, 0.717) is 40.3 Å². The number of benzene rings is 3. The zero-order valence-electron chi connectivity index (χ0n) is 17.0. The Kier molecular flexibility index (Phi) is 6.34. The highest BCUT2D eigenvalue weighted by Crippen LogP contribution is 2.32. The van der Waals surface area contributed by atoms with Crippen molar-refractivity contribution in [3.05, 3.63) is 95.5 Å². The Balaban J connectivity index is 1.40. The average molecular weight is 433 g/mol. The van der Waals surface area contributed by atoms with Crippen LogP contribution >= 0.6 is 11.6 Å². The van der Waals surface area contributed by atoms with E-state index in [-0.39, 0.29) is 12.3 Å². The highest BCUT2D eigenvalue weighted by Gasteiger charge is 2.12. The van der Waals surface area contributed by atoms with Gasteiger partial charge in [0, 0.05) is 23.4 Å². The van der Waals surface area contributed by atoms with E-state index in [2.05, 4.69) is 10.3 Å². The predicted molar refractivity (Wildman–Crippen MR) is 122 cm³/mol. The number of halogens is 1. The highest BCUT2D eigenvalue weighted by molar-refractivity contribution is 6.31. The summed E-state index contributed by atoms with van der Waals surface area (Å²) in [5.41, 5.74) is 2.59. The largest absolute Gasteiger partial charge is 0.455 e. The normalized spacial score (nSPS) is 10.6. The Morgan fingerprint density at radius 1 is 1.06 bits per heavy atom. The molecule has 0 fully saturated rings. The van der Waals surface area contributed by atoms with Crippen molar-refractivity contribution in [1.29, 1.82) is 0 Å². The van der Waals surface area contributed by atoms with Crippen LogP contribution in [-0.2, 0) is 11.2 Å². The second-order valence-corrected chi connectivity index (χ2v) is 7.52. The van der Waals surface area contributed by atoms with Crippen LogP contribution in [0, 0.1) is 6.92 Å². The molecule has 0 saturated carbocycles. The molecule has 0 radical (unpaired) electrons. The van der Waals surface area contributed by atoms with Crippen LogP contribution in [0.25, 0.3) is 11.3 Å². The lowest BCUT2D eigenvalue weighted by molar-refractivity contribution is -0.116. The van der Waals surface area contributed by atoms with E-state index in [4.69, 9.17) is 20.8 Å². The summed E-state index contributed by atoms with van der Waals surface area (Å²) in [6, 6.07) is 22.5. The second-order valence-electron chi connectivity index (χ2n) is 7.09. The van der Waals surface area contributed by atoms with Crippen LogP contribution in [0.2, 0.25) is 5.02 Å². The molecule has 0 aliphatic carbocycles. The molecule has 1 heterocycles. The molecule has 0 aliphatic rings. The fraction of sp³-hybridized carbons (Fsp3) is 0.120. The summed E-state index contributed by atoms with van der Waals surface area (Å²) in [6.45, 7) is 2.01. The number of amides is 1. The Morgan fingerprint density at radius 2 is 1.84 bits per heavy atom. The smallest absolute Gasteiger partial charge is 0.224 e. The molecule has 1 amide bonds. The summed E-state index contributed by atoms with van der Waals surface area (Å²) in [4.78, 5) is 16.8. The third-order valence-corrected chi connectivity index (χ3v) is 4.88. The van der Waals surface area contributed by atoms with Crippen LogP contribution in [0.1, 0.15) is 17.9 Å². The molecule has 156 valence electrons. The lowest BCUT2D eigenvalue weighted by atomic mass is 10.2. The van der Waals surface area contributed by atoms with Crippen molar-refractivity contribution < 1.29 is 13.9 Å². The molecule has 3 aromatic carbocycles. The number of nitrogens with zero attached hydrogens (tertiary/aromatic N) is 1. The first kappa shape index (κ1) is 20.7. The molecular formula is C25H21ClN2O3. The van der Waals surface area contributed by atoms with Crippen LogP contribution in [0.15, 0.2) is 83.4 Å². The van der Waals surface area contributed by atoms with Gasteiger partial charge in [-0.15, -0.1) is 0 Å². The number of rotatable bonds is 7. The van der Waals surface area contributed by atoms with Gasteiger partial charge < -0.3 is 14.5 Å². The van der Waals surface area contributed by atoms with Gasteiger partial charge in [0.15, 0.2) is 17.4 Å². The molecule has 0 atom stereocenters. The first-order valence-electron chi connectivity index (χ1n) is 9.91. The summed E-state index contributed by atoms with van der Waals surface area (Å²) in [6.07, 6.45) is 2.27. The van der Waals surface area contributed by atoms with Gasteiger partial charge in [0.05, 0.1) is 11.9 Å². The van der Waals surface area contributed by atoms with Crippen molar-refractivity contribution in [3.8, 4) is 22.8 Å². The van der Waals surface area contributed by atoms with Crippen LogP contribution in [0.5, 0.6) is 11.5 Å². The number of aromatic nitrogens is 1. The minimum atomic E-state index is -0.185. The zero-order chi connectivity index (χ0) is 21.6. The van der Waals surface area contributed by atoms with Crippen LogP contribution in [-0.4, -0.2) is 10.9 Å². The maximum atomic E-state index is 12.5. The molecule has 0 saturated heterocycles. The van der Waals surface area contributed by atoms with E-state index in [1.807, 2.05) is 61.5 Å². The van der Waals surface area contributed by atoms with E-state index in [9.17, 15) is 4.79 Å². The maximum Gasteiger partial charge on any atom is 0.224 e. The van der Waals surface area contributed by atoms with Crippen molar-refractivity contribution in [2.45, 2.75) is 19.8 Å². The summed E-state index contributed by atoms with van der Waals surface area (Å²) in [5, 5.41) is 3.38. The van der Waals surface area contributed by atoms with Crippen molar-refractivity contribution in [2.75, 3.05) is 5.32 Å². The number of carbonyl (C=O) groups is 1. The first-order chi connectivity index (χ1) is 15.1. The molecule has 31 heavy (non-hydrogen) atoms. The summed E-state index contributed by atoms with van der Waals surface area (Å²) >= 11 is 6.13. The van der Waals surface area contributed by atoms with Gasteiger partial charge in [-0.3, -0.25) is 4.79 Å². The fourth-order valence-electron chi connectivity index (χ4n) is 3.02. The van der Waals surface area contributed by atoms with E-state index < -0.39 is 0 Å². The van der Waals surface area contributed by atoms with E-state index >= 15 is 0 Å². The molecule has 5 nitrogen and oxygen atoms in total. The predicted octanol–water partition coefficient (Wildman–Crippen LogP) is 6.67. The minimum absolute atomic E-state index is 0.185. The Morgan fingerprint density at radius 3 is 2.61 bits per heavy atom. The number of hydrogen-bond acceptors (Lipinski definition) is 4. The standard InChI is InChI=1S/C25H21ClN2O3/c1-17-7-10-20(11-8-17)30-22-12-9-19(26)15-21(22)28-24(29)13-14-25-27-16-23(31-25)18-5-3-2-4-6-18/h2-12,15-16H,13-14H2,1H3,(H,28,29). The third-order valence-electron chi connectivity index (χ3n) is 4.64. The molecule has 0 aliphatic heterocycles. The van der Waals surface area contributed by atoms with Gasteiger partial charge in [0.1, 0.15) is 5.75 Å². The quantitative estimate of drug-likeness (QED) is 0.354. The molecule has 4 aromatic rings. The molecule has 1 aromatic heterocycles. The molecule has 1 N–H and O–H groups in total. The van der Waals surface area contributed by atoms with Crippen LogP contribution < -0.4 is 10.1 Å². The number of nitrogens with one attached hydrogen (secondary N) is 1. The second kappa shape index (κ2) is 9.49. The molecule has 4 rings (SSSR count). The highest BCUT2D eigenvalue weighted by atomic mass is 35.5. The number of carbonyl (C=O) groups excluding carboxylic acids is 1. The van der Waals surface area contributed by atoms with E-state index in [0.717, 1.165) is 11.1 Å². The van der Waals surface area contributed by atoms with E-state index in [1.54, 1.807) is 24.4 Å². The Hall–Kier alpha value is -3.57. The lowest BCUT2D eigenvalue weighted by Crippen LogP contribution is -2.13. The Bertz CT molecular complexity index is 1170. The van der Waals surface area contributed by atoms with Gasteiger partial charge in [0.2, 0.25) is 5.91 Å². The van der Waals surface area contributed by atoms with E-state index in [1.165, 1.54) is 0 Å². The molecule has 0 bridgehead atoms. The molecular weight excluding hydrogens is 412 g/mol. The molecule has 0 spiro atoms. The van der Waals surface area contributed by atoms with Crippen molar-refractivity contribution in [1.82, 2.24) is 4.98 Å². The van der Waals surface area contributed by atoms with Gasteiger partial charge in [-0.2, -0.15) is 0 Å². The van der Waals surface area contributed by atoms with Crippen LogP contribution in [0.4, 0.5) is 5.69 Å². The maximum absolute atomic E-state index is 12.5. The Labute approximate surface area is 185 Å². The topological polar surface area (TPSA) is 64.4 Å². The summed E-state index contributed by atoms with van der Waals surface area (Å²) in [7, 11) is 0. The van der Waals surface area contributed by atoms with Crippen molar-refractivity contribution >= 4 is 23.2 Å². The van der Waals surface area contributed by atoms with Gasteiger partial charge in [-0.05, 0) is 37.3 Å². The van der Waals surface area contributed by atoms with Crippen molar-refractivity contribution in [3.63, 3.8) is 0 Å². The molecule has 6 heteroatoms. The number of aryl methyl sites for hydroxylation is 2. The number of anilines is 1. The first-order valence-corrected chi connectivity index (χ1v) is 10.3. The van der Waals surface area contributed by atoms with Gasteiger partial charge in [0.25, 0.3) is 0 Å². The van der Waals surface area contributed by atoms with Gasteiger partial charge >= 0.3 is 0 Å². The van der Waals surface area contributed by atoms with Gasteiger partial charge in [-0.1, -0.05) is 59.6 Å². The van der Waals surface area contributed by atoms with Crippen LogP contribution in [0.3, 0.4) is 0 Å².